The van der Waals surface area contributed by atoms with Crippen LogP contribution >= 0.6 is 0 Å². The lowest BCUT2D eigenvalue weighted by Crippen LogP contribution is -2.31. The molecule has 24 heavy (non-hydrogen) atoms. The number of guanidine groups is 1. The molecule has 8 N–H and O–H groups in total. The minimum absolute atomic E-state index is 0.0792. The minimum atomic E-state index is -5.08. The zero-order valence-corrected chi connectivity index (χ0v) is 11.7. The number of alkyl halides is 6. The average Bonchev–Trinajstić information content (AvgIpc) is 2.33. The van der Waals surface area contributed by atoms with Crippen LogP contribution in [0.25, 0.3) is 0 Å². The van der Waals surface area contributed by atoms with E-state index in [0.717, 1.165) is 0 Å². The van der Waals surface area contributed by atoms with Crippen molar-refractivity contribution in [2.45, 2.75) is 25.2 Å². The van der Waals surface area contributed by atoms with E-state index in [4.69, 9.17) is 36.7 Å². The van der Waals surface area contributed by atoms with E-state index < -0.39 is 24.3 Å². The number of carbonyl (C=O) groups excluding carboxylic acids is 1. The fraction of sp³-hybridized carbons (Fsp3) is 0.556. The number of nitrogens with two attached hydrogens (primary N) is 2. The van der Waals surface area contributed by atoms with E-state index in [1.807, 2.05) is 0 Å². The summed E-state index contributed by atoms with van der Waals surface area (Å²) in [4.78, 5) is 27.9. The Morgan fingerprint density at radius 2 is 1.21 bits per heavy atom. The highest BCUT2D eigenvalue weighted by atomic mass is 19.4. The topological polar surface area (TPSA) is 180 Å². The van der Waals surface area contributed by atoms with Crippen LogP contribution in [-0.2, 0) is 14.4 Å². The molecular formula is C9H14F6N4O5. The van der Waals surface area contributed by atoms with Crippen molar-refractivity contribution in [3.05, 3.63) is 0 Å². The summed E-state index contributed by atoms with van der Waals surface area (Å²) < 4.78 is 63.5. The molecule has 0 aliphatic heterocycles. The smallest absolute Gasteiger partial charge is 0.475 e. The van der Waals surface area contributed by atoms with E-state index in [1.54, 1.807) is 0 Å². The summed E-state index contributed by atoms with van der Waals surface area (Å²) in [6.45, 7) is 0.526. The predicted molar refractivity (Wildman–Crippen MR) is 65.7 cm³/mol. The quantitative estimate of drug-likeness (QED) is 0.174. The number of hydrogen-bond acceptors (Lipinski definition) is 4. The third kappa shape index (κ3) is 24.3. The highest BCUT2D eigenvalue weighted by Gasteiger charge is 2.38. The van der Waals surface area contributed by atoms with Crippen molar-refractivity contribution in [1.29, 1.82) is 5.41 Å². The van der Waals surface area contributed by atoms with Gasteiger partial charge in [0.1, 0.15) is 0 Å². The highest BCUT2D eigenvalue weighted by molar-refractivity contribution is 5.75. The molecule has 0 heterocycles. The van der Waals surface area contributed by atoms with Crippen LogP contribution in [0.1, 0.15) is 12.8 Å². The number of primary amides is 1. The van der Waals surface area contributed by atoms with Crippen molar-refractivity contribution in [1.82, 2.24) is 5.32 Å². The van der Waals surface area contributed by atoms with Crippen molar-refractivity contribution in [3.63, 3.8) is 0 Å². The molecule has 0 unspecified atom stereocenters. The second-order valence-corrected chi connectivity index (χ2v) is 3.52. The number of amides is 1. The normalized spacial score (nSPS) is 10.2. The number of hydrogen-bond donors (Lipinski definition) is 6. The number of rotatable bonds is 4. The molecule has 15 heteroatoms. The molecule has 0 aromatic rings. The van der Waals surface area contributed by atoms with Gasteiger partial charge in [-0.1, -0.05) is 0 Å². The lowest BCUT2D eigenvalue weighted by Gasteiger charge is -2.00. The van der Waals surface area contributed by atoms with E-state index in [9.17, 15) is 31.1 Å². The van der Waals surface area contributed by atoms with Gasteiger partial charge >= 0.3 is 24.3 Å². The van der Waals surface area contributed by atoms with Crippen molar-refractivity contribution >= 4 is 23.8 Å². The molecule has 0 aromatic carbocycles. The molecule has 0 saturated heterocycles. The molecule has 9 nitrogen and oxygen atoms in total. The second kappa shape index (κ2) is 11.8. The van der Waals surface area contributed by atoms with Gasteiger partial charge in [-0.3, -0.25) is 10.2 Å². The maximum absolute atomic E-state index is 10.6. The van der Waals surface area contributed by atoms with Gasteiger partial charge in [-0.2, -0.15) is 26.3 Å². The number of nitrogens with one attached hydrogen (secondary N) is 2. The number of carbonyl (C=O) groups is 3. The zero-order valence-electron chi connectivity index (χ0n) is 11.7. The summed E-state index contributed by atoms with van der Waals surface area (Å²) in [5.74, 6) is -5.92. The molecule has 0 spiro atoms. The van der Waals surface area contributed by atoms with Gasteiger partial charge in [-0.05, 0) is 6.42 Å². The van der Waals surface area contributed by atoms with Gasteiger partial charge in [0, 0.05) is 13.0 Å². The third-order valence-corrected chi connectivity index (χ3v) is 1.40. The van der Waals surface area contributed by atoms with Crippen LogP contribution in [0.5, 0.6) is 0 Å². The first-order valence-corrected chi connectivity index (χ1v) is 5.48. The monoisotopic (exact) mass is 372 g/mol. The van der Waals surface area contributed by atoms with Crippen LogP contribution in [0, 0.1) is 5.41 Å². The van der Waals surface area contributed by atoms with Gasteiger partial charge in [-0.25, -0.2) is 9.59 Å². The molecule has 0 atom stereocenters. The summed E-state index contributed by atoms with van der Waals surface area (Å²) in [5.41, 5.74) is 9.82. The number of carboxylic acids is 2. The largest absolute Gasteiger partial charge is 0.490 e. The van der Waals surface area contributed by atoms with Gasteiger partial charge in [-0.15, -0.1) is 0 Å². The van der Waals surface area contributed by atoms with E-state index in [0.29, 0.717) is 19.4 Å². The first kappa shape index (κ1) is 26.2. The van der Waals surface area contributed by atoms with Crippen molar-refractivity contribution in [2.75, 3.05) is 6.54 Å². The van der Waals surface area contributed by atoms with E-state index >= 15 is 0 Å². The van der Waals surface area contributed by atoms with Gasteiger partial charge < -0.3 is 27.0 Å². The van der Waals surface area contributed by atoms with E-state index in [1.165, 1.54) is 0 Å². The standard InChI is InChI=1S/C5H12N4O.2C2HF3O2/c6-4(10)2-1-3-9-5(7)8;2*3-2(4,5)1(6)7/h1-3H2,(H2,6,10)(H4,7,8,9);2*(H,6,7). The van der Waals surface area contributed by atoms with Crippen molar-refractivity contribution in [3.8, 4) is 0 Å². The summed E-state index contributed by atoms with van der Waals surface area (Å²) >= 11 is 0. The molecule has 0 fully saturated rings. The highest BCUT2D eigenvalue weighted by Crippen LogP contribution is 2.13. The Hall–Kier alpha value is -2.74. The second-order valence-electron chi connectivity index (χ2n) is 3.52. The predicted octanol–water partition coefficient (Wildman–Crippen LogP) is 0.00157. The van der Waals surface area contributed by atoms with Crippen molar-refractivity contribution in [2.24, 2.45) is 11.5 Å². The molecule has 0 rings (SSSR count). The minimum Gasteiger partial charge on any atom is -0.475 e. The van der Waals surface area contributed by atoms with Crippen molar-refractivity contribution < 1.29 is 50.9 Å². The SMILES string of the molecule is N=C(N)NCCCC(N)=O.O=C(O)C(F)(F)F.O=C(O)C(F)(F)F. The van der Waals surface area contributed by atoms with E-state index in [2.05, 4.69) is 5.32 Å². The van der Waals surface area contributed by atoms with Crippen LogP contribution in [0.15, 0.2) is 0 Å². The fourth-order valence-electron chi connectivity index (χ4n) is 0.486. The van der Waals surface area contributed by atoms with Crippen LogP contribution < -0.4 is 16.8 Å². The van der Waals surface area contributed by atoms with Crippen LogP contribution in [0.2, 0.25) is 0 Å². The number of aliphatic carboxylic acids is 2. The van der Waals surface area contributed by atoms with Gasteiger partial charge in [0.05, 0.1) is 0 Å². The first-order valence-electron chi connectivity index (χ1n) is 5.48. The summed E-state index contributed by atoms with van der Waals surface area (Å²) in [7, 11) is 0. The Labute approximate surface area is 130 Å². The maximum Gasteiger partial charge on any atom is 0.490 e. The summed E-state index contributed by atoms with van der Waals surface area (Å²) in [6.07, 6.45) is -9.21. The first-order chi connectivity index (χ1) is 10.5. The van der Waals surface area contributed by atoms with Gasteiger partial charge in [0.25, 0.3) is 0 Å². The molecule has 0 radical (unpaired) electrons. The summed E-state index contributed by atoms with van der Waals surface area (Å²) in [5, 5.41) is 23.5. The lowest BCUT2D eigenvalue weighted by molar-refractivity contribution is -0.193. The zero-order chi connectivity index (χ0) is 20.1. The molecule has 0 aliphatic rings. The Morgan fingerprint density at radius 1 is 0.917 bits per heavy atom. The van der Waals surface area contributed by atoms with Crippen LogP contribution in [0.4, 0.5) is 26.3 Å². The maximum atomic E-state index is 10.6. The average molecular weight is 372 g/mol. The van der Waals surface area contributed by atoms with E-state index in [-0.39, 0.29) is 11.9 Å². The Bertz CT molecular complexity index is 397. The molecule has 142 valence electrons. The van der Waals surface area contributed by atoms with Crippen LogP contribution in [0.3, 0.4) is 0 Å². The lowest BCUT2D eigenvalue weighted by atomic mass is 10.3. The molecule has 1 amide bonds. The third-order valence-electron chi connectivity index (χ3n) is 1.40. The number of halogens is 6. The van der Waals surface area contributed by atoms with Gasteiger partial charge in [0.2, 0.25) is 5.91 Å². The molecule has 0 bridgehead atoms. The molecule has 0 aliphatic carbocycles. The molecule has 0 saturated carbocycles. The Morgan fingerprint density at radius 3 is 1.38 bits per heavy atom. The number of carboxylic acid groups (broad SMARTS) is 2. The molecular weight excluding hydrogens is 358 g/mol. The summed E-state index contributed by atoms with van der Waals surface area (Å²) in [6, 6.07) is 0. The molecule has 0 aromatic heterocycles. The Balaban J connectivity index is -0.000000283. The van der Waals surface area contributed by atoms with Gasteiger partial charge in [0.15, 0.2) is 5.96 Å². The Kier molecular flexibility index (Phi) is 12.8. The van der Waals surface area contributed by atoms with Crippen LogP contribution in [-0.4, -0.2) is 52.9 Å². The fourth-order valence-corrected chi connectivity index (χ4v) is 0.486.